The molecule has 1 aliphatic heterocycles. The normalized spacial score (nSPS) is 17.5. The summed E-state index contributed by atoms with van der Waals surface area (Å²) in [6.45, 7) is 1.89. The van der Waals surface area contributed by atoms with Gasteiger partial charge in [-0.05, 0) is 42.7 Å². The van der Waals surface area contributed by atoms with Crippen LogP contribution in [0.15, 0.2) is 62.2 Å². The predicted molar refractivity (Wildman–Crippen MR) is 113 cm³/mol. The van der Waals surface area contributed by atoms with E-state index in [1.165, 1.54) is 16.3 Å². The summed E-state index contributed by atoms with van der Waals surface area (Å²) in [7, 11) is 0. The number of hydrogen-bond acceptors (Lipinski definition) is 6. The Balaban J connectivity index is 1.48. The molecule has 0 saturated heterocycles. The number of aromatic nitrogens is 1. The summed E-state index contributed by atoms with van der Waals surface area (Å²) < 4.78 is 5.57. The number of benzene rings is 2. The van der Waals surface area contributed by atoms with E-state index in [2.05, 4.69) is 10.1 Å². The number of amides is 1. The molecule has 0 radical (unpaired) electrons. The summed E-state index contributed by atoms with van der Waals surface area (Å²) in [5.41, 5.74) is 1.40. The van der Waals surface area contributed by atoms with Crippen molar-refractivity contribution in [3.8, 4) is 11.3 Å². The molecule has 1 saturated carbocycles. The first-order valence-electron chi connectivity index (χ1n) is 9.39. The molecule has 142 valence electrons. The molecular weight excluding hydrogens is 386 g/mol. The van der Waals surface area contributed by atoms with Gasteiger partial charge in [0.05, 0.1) is 22.4 Å². The van der Waals surface area contributed by atoms with Crippen molar-refractivity contribution in [2.24, 2.45) is 10.5 Å². The van der Waals surface area contributed by atoms with E-state index in [4.69, 9.17) is 4.42 Å². The molecule has 2 aliphatic rings. The summed E-state index contributed by atoms with van der Waals surface area (Å²) in [6.07, 6.45) is 1.69. The molecule has 3 heterocycles. The van der Waals surface area contributed by atoms with Crippen molar-refractivity contribution in [3.05, 3.63) is 58.3 Å². The Morgan fingerprint density at radius 2 is 1.93 bits per heavy atom. The molecule has 0 atom stereocenters. The first kappa shape index (κ1) is 16.6. The molecule has 2 aromatic carbocycles. The molecule has 1 aliphatic carbocycles. The Labute approximate surface area is 169 Å². The summed E-state index contributed by atoms with van der Waals surface area (Å²) >= 11 is 1.30. The molecule has 1 fully saturated rings. The van der Waals surface area contributed by atoms with Crippen molar-refractivity contribution in [3.63, 3.8) is 0 Å². The number of carbonyl (C=O) groups is 1. The second-order valence-electron chi connectivity index (χ2n) is 7.55. The first-order valence-corrected chi connectivity index (χ1v) is 10.3. The molecule has 1 amide bonds. The number of hydrogen-bond donors (Lipinski definition) is 0. The Kier molecular flexibility index (Phi) is 3.21. The third kappa shape index (κ3) is 2.28. The molecule has 0 N–H and O–H groups in total. The quantitative estimate of drug-likeness (QED) is 0.364. The van der Waals surface area contributed by atoms with Gasteiger partial charge in [0.2, 0.25) is 5.13 Å². The number of nitrogens with zero attached hydrogens (tertiary/aromatic N) is 3. The minimum Gasteiger partial charge on any atom is -0.422 e. The van der Waals surface area contributed by atoms with Crippen LogP contribution in [-0.4, -0.2) is 16.6 Å². The lowest BCUT2D eigenvalue weighted by molar-refractivity contribution is -0.120. The Morgan fingerprint density at radius 3 is 2.72 bits per heavy atom. The van der Waals surface area contributed by atoms with Crippen molar-refractivity contribution < 1.29 is 9.21 Å². The zero-order valence-electron chi connectivity index (χ0n) is 15.5. The Morgan fingerprint density at radius 1 is 1.10 bits per heavy atom. The number of hydrazone groups is 1. The highest BCUT2D eigenvalue weighted by Crippen LogP contribution is 2.52. The van der Waals surface area contributed by atoms with Gasteiger partial charge in [0.15, 0.2) is 0 Å². The fourth-order valence-corrected chi connectivity index (χ4v) is 4.79. The third-order valence-corrected chi connectivity index (χ3v) is 6.70. The molecule has 7 heteroatoms. The summed E-state index contributed by atoms with van der Waals surface area (Å²) in [4.78, 5) is 29.9. The Hall–Kier alpha value is -3.32. The van der Waals surface area contributed by atoms with Crippen LogP contribution in [0.3, 0.4) is 0 Å². The Bertz CT molecular complexity index is 1430. The van der Waals surface area contributed by atoms with Gasteiger partial charge in [0.1, 0.15) is 5.58 Å². The highest BCUT2D eigenvalue weighted by atomic mass is 32.1. The van der Waals surface area contributed by atoms with Gasteiger partial charge in [-0.25, -0.2) is 9.78 Å². The van der Waals surface area contributed by atoms with Gasteiger partial charge in [-0.1, -0.05) is 30.3 Å². The van der Waals surface area contributed by atoms with Gasteiger partial charge < -0.3 is 4.42 Å². The van der Waals surface area contributed by atoms with Gasteiger partial charge in [0.25, 0.3) is 5.91 Å². The van der Waals surface area contributed by atoms with Gasteiger partial charge in [-0.15, -0.1) is 11.3 Å². The standard InChI is InChI=1S/C22H15N3O3S/c1-12-22(8-9-22)20(27)25(24-12)21-23-17(11-29-21)16-10-15-14-5-3-2-4-13(14)6-7-18(15)28-19(16)26/h2-7,10-11H,8-9H2,1H3. The molecule has 0 unspecified atom stereocenters. The SMILES string of the molecule is CC1=NN(c2nc(-c3cc4c(ccc5ccccc54)oc3=O)cs2)C(=O)C12CC2. The topological polar surface area (TPSA) is 75.8 Å². The largest absolute Gasteiger partial charge is 0.422 e. The zero-order valence-corrected chi connectivity index (χ0v) is 16.3. The maximum Gasteiger partial charge on any atom is 0.345 e. The number of rotatable bonds is 2. The van der Waals surface area contributed by atoms with Crippen LogP contribution in [0.4, 0.5) is 5.13 Å². The van der Waals surface area contributed by atoms with E-state index in [-0.39, 0.29) is 5.91 Å². The lowest BCUT2D eigenvalue weighted by atomic mass is 10.0. The van der Waals surface area contributed by atoms with Crippen molar-refractivity contribution in [1.82, 2.24) is 4.98 Å². The average Bonchev–Trinajstić information content (AvgIpc) is 3.35. The zero-order chi connectivity index (χ0) is 19.8. The fraction of sp³-hybridized carbons (Fsp3) is 0.182. The van der Waals surface area contributed by atoms with Crippen LogP contribution >= 0.6 is 11.3 Å². The number of anilines is 1. The molecule has 6 rings (SSSR count). The molecule has 1 spiro atoms. The van der Waals surface area contributed by atoms with E-state index in [9.17, 15) is 9.59 Å². The summed E-state index contributed by atoms with van der Waals surface area (Å²) in [5.74, 6) is -0.0209. The average molecular weight is 401 g/mol. The monoisotopic (exact) mass is 401 g/mol. The lowest BCUT2D eigenvalue weighted by Gasteiger charge is -2.09. The van der Waals surface area contributed by atoms with Gasteiger partial charge in [-0.3, -0.25) is 4.79 Å². The van der Waals surface area contributed by atoms with Crippen LogP contribution in [0.25, 0.3) is 33.0 Å². The van der Waals surface area contributed by atoms with E-state index in [1.54, 1.807) is 5.38 Å². The van der Waals surface area contributed by atoms with Crippen molar-refractivity contribution in [2.75, 3.05) is 5.01 Å². The van der Waals surface area contributed by atoms with E-state index >= 15 is 0 Å². The second kappa shape index (κ2) is 5.61. The van der Waals surface area contributed by atoms with Crippen molar-refractivity contribution in [2.45, 2.75) is 19.8 Å². The summed E-state index contributed by atoms with van der Waals surface area (Å²) in [5, 5.41) is 11.0. The molecule has 29 heavy (non-hydrogen) atoms. The maximum absolute atomic E-state index is 12.7. The maximum atomic E-state index is 12.7. The van der Waals surface area contributed by atoms with Crippen LogP contribution in [-0.2, 0) is 4.79 Å². The number of thiazole rings is 1. The molecule has 0 bridgehead atoms. The van der Waals surface area contributed by atoms with Crippen LogP contribution in [0.2, 0.25) is 0 Å². The van der Waals surface area contributed by atoms with Gasteiger partial charge in [0, 0.05) is 10.8 Å². The molecule has 6 nitrogen and oxygen atoms in total. The minimum absolute atomic E-state index is 0.0209. The lowest BCUT2D eigenvalue weighted by Crippen LogP contribution is -2.28. The minimum atomic E-state index is -0.448. The van der Waals surface area contributed by atoms with Crippen LogP contribution in [0.1, 0.15) is 19.8 Å². The molecular formula is C22H15N3O3S. The predicted octanol–water partition coefficient (Wildman–Crippen LogP) is 4.57. The van der Waals surface area contributed by atoms with E-state index in [1.807, 2.05) is 49.4 Å². The number of carbonyl (C=O) groups excluding carboxylic acids is 1. The van der Waals surface area contributed by atoms with Crippen LogP contribution < -0.4 is 10.6 Å². The molecule has 2 aromatic heterocycles. The van der Waals surface area contributed by atoms with Gasteiger partial charge in [-0.2, -0.15) is 10.1 Å². The highest BCUT2D eigenvalue weighted by molar-refractivity contribution is 7.14. The highest BCUT2D eigenvalue weighted by Gasteiger charge is 2.59. The van der Waals surface area contributed by atoms with Crippen molar-refractivity contribution >= 4 is 49.8 Å². The smallest absolute Gasteiger partial charge is 0.345 e. The van der Waals surface area contributed by atoms with Crippen LogP contribution in [0.5, 0.6) is 0 Å². The third-order valence-electron chi connectivity index (χ3n) is 5.89. The van der Waals surface area contributed by atoms with E-state index < -0.39 is 11.0 Å². The van der Waals surface area contributed by atoms with E-state index in [0.29, 0.717) is 22.0 Å². The van der Waals surface area contributed by atoms with Crippen LogP contribution in [0, 0.1) is 5.41 Å². The van der Waals surface area contributed by atoms with Gasteiger partial charge >= 0.3 is 5.63 Å². The van der Waals surface area contributed by atoms with E-state index in [0.717, 1.165) is 34.7 Å². The summed E-state index contributed by atoms with van der Waals surface area (Å²) in [6, 6.07) is 13.5. The first-order chi connectivity index (χ1) is 14.1. The van der Waals surface area contributed by atoms with Crippen molar-refractivity contribution in [1.29, 1.82) is 0 Å². The number of fused-ring (bicyclic) bond motifs is 3. The molecule has 4 aromatic rings. The fourth-order valence-electron chi connectivity index (χ4n) is 4.01. The second-order valence-corrected chi connectivity index (χ2v) is 8.38.